The number of hydrogen-bond acceptors (Lipinski definition) is 2. The zero-order valence-electron chi connectivity index (χ0n) is 12.8. The van der Waals surface area contributed by atoms with E-state index in [-0.39, 0.29) is 11.9 Å². The molecule has 1 amide bonds. The van der Waals surface area contributed by atoms with Gasteiger partial charge in [-0.25, -0.2) is 0 Å². The zero-order valence-corrected chi connectivity index (χ0v) is 12.8. The second-order valence-corrected chi connectivity index (χ2v) is 5.86. The first-order valence-corrected chi connectivity index (χ1v) is 7.07. The molecule has 0 fully saturated rings. The summed E-state index contributed by atoms with van der Waals surface area (Å²) in [5.41, 5.74) is 7.24. The third-order valence-corrected chi connectivity index (χ3v) is 3.49. The number of nitrogens with two attached hydrogens (primary N) is 1. The molecule has 0 heterocycles. The molecule has 3 nitrogen and oxygen atoms in total. The van der Waals surface area contributed by atoms with E-state index in [1.54, 1.807) is 18.7 Å². The normalized spacial score (nSPS) is 11.5. The lowest BCUT2D eigenvalue weighted by Crippen LogP contribution is -2.50. The summed E-state index contributed by atoms with van der Waals surface area (Å²) in [6.07, 6.45) is 0. The molecule has 0 aliphatic rings. The van der Waals surface area contributed by atoms with Crippen molar-refractivity contribution >= 4 is 5.91 Å². The van der Waals surface area contributed by atoms with E-state index in [2.05, 4.69) is 0 Å². The fourth-order valence-electron chi connectivity index (χ4n) is 2.48. The van der Waals surface area contributed by atoms with Crippen LogP contribution in [0.1, 0.15) is 31.0 Å². The van der Waals surface area contributed by atoms with Gasteiger partial charge in [0.15, 0.2) is 0 Å². The Balaban J connectivity index is 2.45. The van der Waals surface area contributed by atoms with Crippen LogP contribution < -0.4 is 5.73 Å². The summed E-state index contributed by atoms with van der Waals surface area (Å²) >= 11 is 0. The number of nitrogens with zero attached hydrogens (tertiary/aromatic N) is 1. The predicted octanol–water partition coefficient (Wildman–Crippen LogP) is 2.97. The summed E-state index contributed by atoms with van der Waals surface area (Å²) in [6.45, 7) is 3.47. The number of amides is 1. The molecule has 0 aliphatic heterocycles. The van der Waals surface area contributed by atoms with Crippen molar-refractivity contribution in [2.45, 2.75) is 25.4 Å². The highest BCUT2D eigenvalue weighted by Gasteiger charge is 2.31. The molecule has 0 atom stereocenters. The van der Waals surface area contributed by atoms with Gasteiger partial charge < -0.3 is 10.6 Å². The third kappa shape index (κ3) is 3.50. The Morgan fingerprint density at radius 2 is 1.33 bits per heavy atom. The minimum atomic E-state index is -0.892. The van der Waals surface area contributed by atoms with Crippen LogP contribution in [0.4, 0.5) is 0 Å². The molecular weight excluding hydrogens is 260 g/mol. The molecule has 0 saturated heterocycles. The van der Waals surface area contributed by atoms with E-state index in [1.165, 1.54) is 0 Å². The summed E-state index contributed by atoms with van der Waals surface area (Å²) in [4.78, 5) is 14.3. The van der Waals surface area contributed by atoms with Gasteiger partial charge >= 0.3 is 0 Å². The standard InChI is InChI=1S/C18H22N2O/c1-18(2,19)17(21)20(3)16(14-10-6-4-7-11-14)15-12-8-5-9-13-15/h4-13,16H,19H2,1-3H3. The number of benzene rings is 2. The number of rotatable bonds is 4. The molecule has 0 bridgehead atoms. The van der Waals surface area contributed by atoms with Crippen LogP contribution in [0.2, 0.25) is 0 Å². The highest BCUT2D eigenvalue weighted by molar-refractivity contribution is 5.85. The Kier molecular flexibility index (Phi) is 4.43. The summed E-state index contributed by atoms with van der Waals surface area (Å²) in [6, 6.07) is 19.9. The van der Waals surface area contributed by atoms with Gasteiger partial charge in [-0.15, -0.1) is 0 Å². The van der Waals surface area contributed by atoms with E-state index in [9.17, 15) is 4.79 Å². The second-order valence-electron chi connectivity index (χ2n) is 5.86. The monoisotopic (exact) mass is 282 g/mol. The highest BCUT2D eigenvalue weighted by atomic mass is 16.2. The first-order valence-electron chi connectivity index (χ1n) is 7.07. The first kappa shape index (κ1) is 15.3. The maximum atomic E-state index is 12.6. The fourth-order valence-corrected chi connectivity index (χ4v) is 2.48. The van der Waals surface area contributed by atoms with E-state index in [4.69, 9.17) is 5.73 Å². The molecule has 110 valence electrons. The van der Waals surface area contributed by atoms with E-state index < -0.39 is 5.54 Å². The van der Waals surface area contributed by atoms with E-state index in [1.807, 2.05) is 67.7 Å². The highest BCUT2D eigenvalue weighted by Crippen LogP contribution is 2.28. The molecule has 2 aromatic carbocycles. The minimum Gasteiger partial charge on any atom is -0.333 e. The topological polar surface area (TPSA) is 46.3 Å². The zero-order chi connectivity index (χ0) is 15.5. The number of carbonyl (C=O) groups is 1. The molecular formula is C18H22N2O. The maximum absolute atomic E-state index is 12.6. The molecule has 0 aromatic heterocycles. The summed E-state index contributed by atoms with van der Waals surface area (Å²) in [5.74, 6) is -0.0831. The molecule has 0 saturated carbocycles. The van der Waals surface area contributed by atoms with Crippen molar-refractivity contribution in [3.8, 4) is 0 Å². The molecule has 0 aliphatic carbocycles. The molecule has 2 aromatic rings. The van der Waals surface area contributed by atoms with Crippen molar-refractivity contribution in [1.29, 1.82) is 0 Å². The quantitative estimate of drug-likeness (QED) is 0.937. The van der Waals surface area contributed by atoms with Gasteiger partial charge in [0, 0.05) is 7.05 Å². The number of carbonyl (C=O) groups excluding carboxylic acids is 1. The molecule has 3 heteroatoms. The van der Waals surface area contributed by atoms with Crippen molar-refractivity contribution in [2.24, 2.45) is 5.73 Å². The van der Waals surface area contributed by atoms with Gasteiger partial charge in [0.25, 0.3) is 0 Å². The van der Waals surface area contributed by atoms with Gasteiger partial charge in [0.05, 0.1) is 11.6 Å². The van der Waals surface area contributed by atoms with Gasteiger partial charge in [-0.3, -0.25) is 4.79 Å². The molecule has 21 heavy (non-hydrogen) atoms. The molecule has 0 unspecified atom stereocenters. The van der Waals surface area contributed by atoms with Crippen LogP contribution in [-0.4, -0.2) is 23.4 Å². The van der Waals surface area contributed by atoms with Crippen LogP contribution >= 0.6 is 0 Å². The predicted molar refractivity (Wildman–Crippen MR) is 85.8 cm³/mol. The third-order valence-electron chi connectivity index (χ3n) is 3.49. The van der Waals surface area contributed by atoms with Gasteiger partial charge in [-0.2, -0.15) is 0 Å². The van der Waals surface area contributed by atoms with Crippen LogP contribution in [0.3, 0.4) is 0 Å². The van der Waals surface area contributed by atoms with Gasteiger partial charge in [-0.1, -0.05) is 60.7 Å². The maximum Gasteiger partial charge on any atom is 0.242 e. The largest absolute Gasteiger partial charge is 0.333 e. The lowest BCUT2D eigenvalue weighted by Gasteiger charge is -2.33. The Labute approximate surface area is 126 Å². The van der Waals surface area contributed by atoms with Crippen molar-refractivity contribution < 1.29 is 4.79 Å². The van der Waals surface area contributed by atoms with Crippen LogP contribution in [-0.2, 0) is 4.79 Å². The van der Waals surface area contributed by atoms with E-state index in [0.29, 0.717) is 0 Å². The van der Waals surface area contributed by atoms with Gasteiger partial charge in [0.2, 0.25) is 5.91 Å². The van der Waals surface area contributed by atoms with Crippen molar-refractivity contribution in [3.05, 3.63) is 71.8 Å². The fraction of sp³-hybridized carbons (Fsp3) is 0.278. The first-order chi connectivity index (χ1) is 9.91. The summed E-state index contributed by atoms with van der Waals surface area (Å²) in [7, 11) is 1.81. The molecule has 0 radical (unpaired) electrons. The van der Waals surface area contributed by atoms with Crippen molar-refractivity contribution in [3.63, 3.8) is 0 Å². The van der Waals surface area contributed by atoms with Gasteiger partial charge in [0.1, 0.15) is 0 Å². The average Bonchev–Trinajstić information content (AvgIpc) is 2.48. The van der Waals surface area contributed by atoms with E-state index >= 15 is 0 Å². The average molecular weight is 282 g/mol. The minimum absolute atomic E-state index is 0.0831. The number of hydrogen-bond donors (Lipinski definition) is 1. The van der Waals surface area contributed by atoms with Crippen LogP contribution in [0, 0.1) is 0 Å². The second kappa shape index (κ2) is 6.10. The SMILES string of the molecule is CN(C(=O)C(C)(C)N)C(c1ccccc1)c1ccccc1. The molecule has 0 spiro atoms. The van der Waals surface area contributed by atoms with Crippen molar-refractivity contribution in [1.82, 2.24) is 4.90 Å². The Bertz CT molecular complexity index is 548. The van der Waals surface area contributed by atoms with Crippen LogP contribution in [0.25, 0.3) is 0 Å². The number of likely N-dealkylation sites (N-methyl/N-ethyl adjacent to an activating group) is 1. The van der Waals surface area contributed by atoms with E-state index in [0.717, 1.165) is 11.1 Å². The van der Waals surface area contributed by atoms with Crippen molar-refractivity contribution in [2.75, 3.05) is 7.05 Å². The Hall–Kier alpha value is -2.13. The smallest absolute Gasteiger partial charge is 0.242 e. The Morgan fingerprint density at radius 1 is 0.952 bits per heavy atom. The van der Waals surface area contributed by atoms with Crippen LogP contribution in [0.5, 0.6) is 0 Å². The summed E-state index contributed by atoms with van der Waals surface area (Å²) < 4.78 is 0. The lowest BCUT2D eigenvalue weighted by atomic mass is 9.95. The van der Waals surface area contributed by atoms with Crippen LogP contribution in [0.15, 0.2) is 60.7 Å². The van der Waals surface area contributed by atoms with Gasteiger partial charge in [-0.05, 0) is 25.0 Å². The summed E-state index contributed by atoms with van der Waals surface area (Å²) in [5, 5.41) is 0. The molecule has 2 N–H and O–H groups in total. The lowest BCUT2D eigenvalue weighted by molar-refractivity contribution is -0.136. The molecule has 2 rings (SSSR count). The Morgan fingerprint density at radius 3 is 1.67 bits per heavy atom.